The topological polar surface area (TPSA) is 32.3 Å². The predicted molar refractivity (Wildman–Crippen MR) is 76.6 cm³/mol. The molecule has 1 atom stereocenters. The minimum atomic E-state index is 0.313. The highest BCUT2D eigenvalue weighted by Crippen LogP contribution is 2.13. The third-order valence-corrected chi connectivity index (χ3v) is 3.71. The van der Waals surface area contributed by atoms with Gasteiger partial charge in [-0.1, -0.05) is 20.3 Å². The smallest absolute Gasteiger partial charge is 0.222 e. The Morgan fingerprint density at radius 1 is 1.28 bits per heavy atom. The number of amides is 1. The van der Waals surface area contributed by atoms with Gasteiger partial charge in [-0.25, -0.2) is 0 Å². The molecule has 1 fully saturated rings. The number of piperidine rings is 1. The second-order valence-electron chi connectivity index (χ2n) is 6.22. The Balaban J connectivity index is 2.44. The molecular weight excluding hydrogens is 224 g/mol. The number of hydrogen-bond donors (Lipinski definition) is 1. The Labute approximate surface area is 112 Å². The molecule has 0 aliphatic carbocycles. The van der Waals surface area contributed by atoms with Gasteiger partial charge in [0.2, 0.25) is 5.91 Å². The van der Waals surface area contributed by atoms with Crippen LogP contribution in [-0.4, -0.2) is 36.0 Å². The van der Waals surface area contributed by atoms with Crippen molar-refractivity contribution in [2.75, 3.05) is 13.1 Å². The lowest BCUT2D eigenvalue weighted by Gasteiger charge is -2.33. The molecule has 1 N–H and O–H groups in total. The van der Waals surface area contributed by atoms with E-state index in [9.17, 15) is 4.79 Å². The van der Waals surface area contributed by atoms with Crippen LogP contribution in [0.25, 0.3) is 0 Å². The molecule has 0 bridgehead atoms. The van der Waals surface area contributed by atoms with E-state index in [1.807, 2.05) is 0 Å². The molecule has 0 aromatic rings. The van der Waals surface area contributed by atoms with E-state index in [1.54, 1.807) is 0 Å². The van der Waals surface area contributed by atoms with Gasteiger partial charge >= 0.3 is 0 Å². The molecule has 0 radical (unpaired) electrons. The van der Waals surface area contributed by atoms with Gasteiger partial charge in [0.05, 0.1) is 0 Å². The molecule has 1 aliphatic rings. The summed E-state index contributed by atoms with van der Waals surface area (Å²) in [5, 5.41) is 3.53. The zero-order valence-electron chi connectivity index (χ0n) is 12.5. The van der Waals surface area contributed by atoms with Gasteiger partial charge in [0.15, 0.2) is 0 Å². The summed E-state index contributed by atoms with van der Waals surface area (Å²) in [6, 6.07) is 0.817. The molecule has 1 aliphatic heterocycles. The Morgan fingerprint density at radius 3 is 2.50 bits per heavy atom. The second-order valence-corrected chi connectivity index (χ2v) is 6.22. The van der Waals surface area contributed by atoms with Crippen LogP contribution < -0.4 is 5.32 Å². The lowest BCUT2D eigenvalue weighted by Crippen LogP contribution is -2.48. The maximum absolute atomic E-state index is 12.3. The summed E-state index contributed by atoms with van der Waals surface area (Å²) in [5.41, 5.74) is 0. The summed E-state index contributed by atoms with van der Waals surface area (Å²) in [6.45, 7) is 10.6. The van der Waals surface area contributed by atoms with Crippen LogP contribution in [0.2, 0.25) is 0 Å². The molecule has 18 heavy (non-hydrogen) atoms. The van der Waals surface area contributed by atoms with Gasteiger partial charge in [-0.3, -0.25) is 4.79 Å². The first kappa shape index (κ1) is 15.5. The van der Waals surface area contributed by atoms with Crippen LogP contribution in [0.1, 0.15) is 59.8 Å². The van der Waals surface area contributed by atoms with Crippen LogP contribution in [0.3, 0.4) is 0 Å². The molecular formula is C15H30N2O. The van der Waals surface area contributed by atoms with Gasteiger partial charge in [0, 0.05) is 25.0 Å². The second kappa shape index (κ2) is 7.78. The number of carbonyl (C=O) groups excluding carboxylic acids is 1. The third-order valence-electron chi connectivity index (χ3n) is 3.71. The molecule has 1 unspecified atom stereocenters. The summed E-state index contributed by atoms with van der Waals surface area (Å²) in [4.78, 5) is 14.3. The highest BCUT2D eigenvalue weighted by molar-refractivity contribution is 5.76. The molecule has 1 amide bonds. The number of rotatable bonds is 6. The van der Waals surface area contributed by atoms with E-state index < -0.39 is 0 Å². The molecule has 1 heterocycles. The molecule has 0 aromatic carbocycles. The van der Waals surface area contributed by atoms with Crippen LogP contribution in [-0.2, 0) is 4.79 Å². The first-order valence-corrected chi connectivity index (χ1v) is 7.53. The number of hydrogen-bond acceptors (Lipinski definition) is 2. The summed E-state index contributed by atoms with van der Waals surface area (Å²) >= 11 is 0. The lowest BCUT2D eigenvalue weighted by molar-refractivity contribution is -0.133. The fourth-order valence-electron chi connectivity index (χ4n) is 2.47. The van der Waals surface area contributed by atoms with Gasteiger partial charge < -0.3 is 10.2 Å². The zero-order valence-corrected chi connectivity index (χ0v) is 12.5. The maximum Gasteiger partial charge on any atom is 0.222 e. The normalized spacial score (nSPS) is 20.4. The first-order valence-electron chi connectivity index (χ1n) is 7.53. The number of nitrogens with one attached hydrogen (secondary N) is 1. The molecule has 3 heteroatoms. The monoisotopic (exact) mass is 254 g/mol. The Morgan fingerprint density at radius 2 is 2.00 bits per heavy atom. The molecule has 0 spiro atoms. The predicted octanol–water partition coefficient (Wildman–Crippen LogP) is 2.80. The van der Waals surface area contributed by atoms with Crippen molar-refractivity contribution in [3.63, 3.8) is 0 Å². The highest BCUT2D eigenvalue weighted by Gasteiger charge is 2.22. The minimum Gasteiger partial charge on any atom is -0.339 e. The van der Waals surface area contributed by atoms with Gasteiger partial charge in [0.25, 0.3) is 0 Å². The van der Waals surface area contributed by atoms with Crippen LogP contribution in [0.5, 0.6) is 0 Å². The van der Waals surface area contributed by atoms with E-state index in [2.05, 4.69) is 37.9 Å². The average molecular weight is 254 g/mol. The summed E-state index contributed by atoms with van der Waals surface area (Å²) in [7, 11) is 0. The quantitative estimate of drug-likeness (QED) is 0.790. The third kappa shape index (κ3) is 5.38. The molecule has 0 aromatic heterocycles. The largest absolute Gasteiger partial charge is 0.339 e. The van der Waals surface area contributed by atoms with Gasteiger partial charge in [-0.05, 0) is 45.6 Å². The average Bonchev–Trinajstić information content (AvgIpc) is 2.34. The highest BCUT2D eigenvalue weighted by atomic mass is 16.2. The summed E-state index contributed by atoms with van der Waals surface area (Å²) in [6.07, 6.45) is 5.48. The van der Waals surface area contributed by atoms with Crippen molar-refractivity contribution in [1.29, 1.82) is 0 Å². The molecule has 106 valence electrons. The molecule has 1 rings (SSSR count). The van der Waals surface area contributed by atoms with Crippen molar-refractivity contribution >= 4 is 5.91 Å². The number of carbonyl (C=O) groups is 1. The summed E-state index contributed by atoms with van der Waals surface area (Å²) < 4.78 is 0. The van der Waals surface area contributed by atoms with Crippen LogP contribution >= 0.6 is 0 Å². The Kier molecular flexibility index (Phi) is 6.69. The van der Waals surface area contributed by atoms with Crippen LogP contribution in [0, 0.1) is 5.92 Å². The zero-order chi connectivity index (χ0) is 13.5. The molecule has 3 nitrogen and oxygen atoms in total. The first-order chi connectivity index (χ1) is 8.50. The van der Waals surface area contributed by atoms with Crippen LogP contribution in [0.15, 0.2) is 0 Å². The van der Waals surface area contributed by atoms with Gasteiger partial charge in [-0.15, -0.1) is 0 Å². The number of nitrogens with zero attached hydrogens (tertiary/aromatic N) is 1. The van der Waals surface area contributed by atoms with Crippen molar-refractivity contribution in [3.05, 3.63) is 0 Å². The minimum absolute atomic E-state index is 0.313. The fourth-order valence-corrected chi connectivity index (χ4v) is 2.47. The van der Waals surface area contributed by atoms with Crippen molar-refractivity contribution in [2.45, 2.75) is 71.9 Å². The summed E-state index contributed by atoms with van der Waals surface area (Å²) in [5.74, 6) is 0.932. The lowest BCUT2D eigenvalue weighted by atomic mass is 10.0. The maximum atomic E-state index is 12.3. The van der Waals surface area contributed by atoms with Crippen molar-refractivity contribution < 1.29 is 4.79 Å². The van der Waals surface area contributed by atoms with E-state index in [4.69, 9.17) is 0 Å². The SMILES string of the molecule is CC(C)CCC(=O)N(CC1CCCCN1)C(C)C. The van der Waals surface area contributed by atoms with Gasteiger partial charge in [-0.2, -0.15) is 0 Å². The van der Waals surface area contributed by atoms with E-state index in [-0.39, 0.29) is 0 Å². The fraction of sp³-hybridized carbons (Fsp3) is 0.933. The molecule has 1 saturated heterocycles. The van der Waals surface area contributed by atoms with E-state index in [0.29, 0.717) is 30.3 Å². The van der Waals surface area contributed by atoms with Crippen molar-refractivity contribution in [2.24, 2.45) is 5.92 Å². The standard InChI is InChI=1S/C15H30N2O/c1-12(2)8-9-15(18)17(13(3)4)11-14-7-5-6-10-16-14/h12-14,16H,5-11H2,1-4H3. The Bertz CT molecular complexity index is 245. The van der Waals surface area contributed by atoms with E-state index in [0.717, 1.165) is 19.5 Å². The van der Waals surface area contributed by atoms with Crippen molar-refractivity contribution in [3.8, 4) is 0 Å². The van der Waals surface area contributed by atoms with E-state index in [1.165, 1.54) is 19.3 Å². The molecule has 0 saturated carbocycles. The van der Waals surface area contributed by atoms with Crippen molar-refractivity contribution in [1.82, 2.24) is 10.2 Å². The van der Waals surface area contributed by atoms with Gasteiger partial charge in [0.1, 0.15) is 0 Å². The van der Waals surface area contributed by atoms with E-state index >= 15 is 0 Å². The van der Waals surface area contributed by atoms with Crippen LogP contribution in [0.4, 0.5) is 0 Å². The Hall–Kier alpha value is -0.570.